The van der Waals surface area contributed by atoms with Crippen LogP contribution in [0, 0.1) is 5.92 Å². The number of hydrogen-bond acceptors (Lipinski definition) is 2. The fraction of sp³-hybridized carbons (Fsp3) is 0.588. The van der Waals surface area contributed by atoms with E-state index in [9.17, 15) is 5.11 Å². The Bertz CT molecular complexity index is 449. The summed E-state index contributed by atoms with van der Waals surface area (Å²) in [4.78, 5) is 4.33. The molecule has 0 spiro atoms. The van der Waals surface area contributed by atoms with Crippen molar-refractivity contribution >= 4 is 29.9 Å². The molecular formula is C17H30IN3O. The highest BCUT2D eigenvalue weighted by Gasteiger charge is 2.03. The molecule has 4 N–H and O–H groups in total. The molecule has 4 nitrogen and oxygen atoms in total. The van der Waals surface area contributed by atoms with Gasteiger partial charge in [0.25, 0.3) is 0 Å². The summed E-state index contributed by atoms with van der Waals surface area (Å²) in [5.41, 5.74) is 6.96. The second-order valence-electron chi connectivity index (χ2n) is 6.06. The molecule has 0 aliphatic rings. The van der Waals surface area contributed by atoms with Crippen molar-refractivity contribution in [1.82, 2.24) is 5.32 Å². The number of phenolic OH excluding ortho intramolecular Hbond substituents is 1. The minimum Gasteiger partial charge on any atom is -0.508 e. The lowest BCUT2D eigenvalue weighted by Gasteiger charge is -2.15. The van der Waals surface area contributed by atoms with Crippen LogP contribution in [0.1, 0.15) is 45.6 Å². The minimum atomic E-state index is 0. The Morgan fingerprint density at radius 3 is 2.64 bits per heavy atom. The molecule has 0 saturated carbocycles. The molecule has 0 bridgehead atoms. The van der Waals surface area contributed by atoms with E-state index in [4.69, 9.17) is 5.73 Å². The zero-order valence-corrected chi connectivity index (χ0v) is 16.2. The first-order valence-electron chi connectivity index (χ1n) is 7.81. The largest absolute Gasteiger partial charge is 0.508 e. The number of aliphatic imine (C=N–C) groups is 1. The van der Waals surface area contributed by atoms with Crippen molar-refractivity contribution in [3.05, 3.63) is 29.8 Å². The van der Waals surface area contributed by atoms with Gasteiger partial charge in [0.1, 0.15) is 5.75 Å². The highest BCUT2D eigenvalue weighted by molar-refractivity contribution is 14.0. The van der Waals surface area contributed by atoms with Gasteiger partial charge in [0.15, 0.2) is 5.96 Å². The molecular weight excluding hydrogens is 389 g/mol. The van der Waals surface area contributed by atoms with Gasteiger partial charge in [0.05, 0.1) is 0 Å². The van der Waals surface area contributed by atoms with Gasteiger partial charge in [-0.25, -0.2) is 0 Å². The van der Waals surface area contributed by atoms with Gasteiger partial charge in [-0.1, -0.05) is 38.8 Å². The van der Waals surface area contributed by atoms with Crippen LogP contribution in [-0.4, -0.2) is 23.7 Å². The highest BCUT2D eigenvalue weighted by Crippen LogP contribution is 2.11. The molecule has 5 heteroatoms. The van der Waals surface area contributed by atoms with Crippen LogP contribution >= 0.6 is 24.0 Å². The first kappa shape index (κ1) is 21.0. The number of nitrogens with two attached hydrogens (primary N) is 1. The summed E-state index contributed by atoms with van der Waals surface area (Å²) in [5.74, 6) is 1.55. The molecule has 0 saturated heterocycles. The minimum absolute atomic E-state index is 0. The Morgan fingerprint density at radius 2 is 2.00 bits per heavy atom. The van der Waals surface area contributed by atoms with Crippen molar-refractivity contribution < 1.29 is 5.11 Å². The lowest BCUT2D eigenvalue weighted by molar-refractivity contribution is 0.474. The Balaban J connectivity index is 0.00000441. The van der Waals surface area contributed by atoms with Crippen molar-refractivity contribution in [2.75, 3.05) is 6.54 Å². The summed E-state index contributed by atoms with van der Waals surface area (Å²) < 4.78 is 0. The monoisotopic (exact) mass is 419 g/mol. The van der Waals surface area contributed by atoms with Crippen molar-refractivity contribution in [3.63, 3.8) is 0 Å². The first-order chi connectivity index (χ1) is 9.97. The SMILES string of the molecule is CC(C)CCCC(C)NC(N)=NCCc1cccc(O)c1.I. The maximum atomic E-state index is 9.39. The van der Waals surface area contributed by atoms with Crippen molar-refractivity contribution in [2.45, 2.75) is 52.5 Å². The molecule has 0 amide bonds. The Kier molecular flexibility index (Phi) is 11.1. The molecule has 0 aliphatic carbocycles. The maximum absolute atomic E-state index is 9.39. The first-order valence-corrected chi connectivity index (χ1v) is 7.81. The van der Waals surface area contributed by atoms with Gasteiger partial charge in [0, 0.05) is 12.6 Å². The van der Waals surface area contributed by atoms with E-state index in [-0.39, 0.29) is 24.0 Å². The highest BCUT2D eigenvalue weighted by atomic mass is 127. The number of phenols is 1. The lowest BCUT2D eigenvalue weighted by atomic mass is 10.0. The number of rotatable bonds is 8. The predicted octanol–water partition coefficient (Wildman–Crippen LogP) is 3.67. The number of nitrogens with one attached hydrogen (secondary N) is 1. The van der Waals surface area contributed by atoms with Crippen LogP contribution in [-0.2, 0) is 6.42 Å². The number of halogens is 1. The third kappa shape index (κ3) is 9.87. The van der Waals surface area contributed by atoms with Crippen LogP contribution in [0.2, 0.25) is 0 Å². The van der Waals surface area contributed by atoms with E-state index in [1.165, 1.54) is 12.8 Å². The summed E-state index contributed by atoms with van der Waals surface area (Å²) >= 11 is 0. The molecule has 1 rings (SSSR count). The maximum Gasteiger partial charge on any atom is 0.188 e. The van der Waals surface area contributed by atoms with E-state index in [1.807, 2.05) is 12.1 Å². The molecule has 126 valence electrons. The Morgan fingerprint density at radius 1 is 1.27 bits per heavy atom. The second kappa shape index (κ2) is 11.6. The van der Waals surface area contributed by atoms with Crippen LogP contribution in [0.15, 0.2) is 29.3 Å². The third-order valence-electron chi connectivity index (χ3n) is 3.41. The smallest absolute Gasteiger partial charge is 0.188 e. The Labute approximate surface area is 151 Å². The van der Waals surface area contributed by atoms with Gasteiger partial charge in [-0.05, 0) is 43.4 Å². The van der Waals surface area contributed by atoms with E-state index in [0.29, 0.717) is 24.3 Å². The van der Waals surface area contributed by atoms with Crippen LogP contribution in [0.4, 0.5) is 0 Å². The van der Waals surface area contributed by atoms with Crippen molar-refractivity contribution in [3.8, 4) is 5.75 Å². The lowest BCUT2D eigenvalue weighted by Crippen LogP contribution is -2.38. The fourth-order valence-electron chi connectivity index (χ4n) is 2.22. The molecule has 0 radical (unpaired) electrons. The van der Waals surface area contributed by atoms with Crippen LogP contribution in [0.25, 0.3) is 0 Å². The molecule has 0 fully saturated rings. The van der Waals surface area contributed by atoms with E-state index in [1.54, 1.807) is 12.1 Å². The van der Waals surface area contributed by atoms with Crippen LogP contribution in [0.5, 0.6) is 5.75 Å². The number of aromatic hydroxyl groups is 1. The molecule has 1 aromatic carbocycles. The summed E-state index contributed by atoms with van der Waals surface area (Å²) in [6.07, 6.45) is 4.35. The van der Waals surface area contributed by atoms with Gasteiger partial charge in [-0.3, -0.25) is 4.99 Å². The van der Waals surface area contributed by atoms with Crippen LogP contribution in [0.3, 0.4) is 0 Å². The third-order valence-corrected chi connectivity index (χ3v) is 3.41. The summed E-state index contributed by atoms with van der Waals surface area (Å²) in [6, 6.07) is 7.60. The van der Waals surface area contributed by atoms with E-state index < -0.39 is 0 Å². The average molecular weight is 419 g/mol. The zero-order valence-electron chi connectivity index (χ0n) is 13.9. The molecule has 0 aliphatic heterocycles. The quantitative estimate of drug-likeness (QED) is 0.342. The molecule has 1 atom stereocenters. The van der Waals surface area contributed by atoms with Gasteiger partial charge < -0.3 is 16.2 Å². The van der Waals surface area contributed by atoms with Gasteiger partial charge in [-0.2, -0.15) is 0 Å². The molecule has 1 unspecified atom stereocenters. The number of hydrogen-bond donors (Lipinski definition) is 3. The molecule has 22 heavy (non-hydrogen) atoms. The zero-order chi connectivity index (χ0) is 15.7. The number of benzene rings is 1. The summed E-state index contributed by atoms with van der Waals surface area (Å²) in [5, 5.41) is 12.6. The molecule has 0 heterocycles. The fourth-order valence-corrected chi connectivity index (χ4v) is 2.22. The van der Waals surface area contributed by atoms with E-state index >= 15 is 0 Å². The molecule has 0 aromatic heterocycles. The second-order valence-corrected chi connectivity index (χ2v) is 6.06. The van der Waals surface area contributed by atoms with Gasteiger partial charge in [0.2, 0.25) is 0 Å². The normalized spacial score (nSPS) is 12.8. The number of nitrogens with zero attached hydrogens (tertiary/aromatic N) is 1. The summed E-state index contributed by atoms with van der Waals surface area (Å²) in [7, 11) is 0. The topological polar surface area (TPSA) is 70.6 Å². The standard InChI is InChI=1S/C17H29N3O.HI/c1-13(2)6-4-7-14(3)20-17(18)19-11-10-15-8-5-9-16(21)12-15;/h5,8-9,12-14,21H,4,6-7,10-11H2,1-3H3,(H3,18,19,20);1H. The Hall–Kier alpha value is -0.980. The molecule has 1 aromatic rings. The van der Waals surface area contributed by atoms with Gasteiger partial charge in [-0.15, -0.1) is 24.0 Å². The van der Waals surface area contributed by atoms with Crippen molar-refractivity contribution in [2.24, 2.45) is 16.6 Å². The van der Waals surface area contributed by atoms with Crippen LogP contribution < -0.4 is 11.1 Å². The average Bonchev–Trinajstić information content (AvgIpc) is 2.38. The predicted molar refractivity (Wildman–Crippen MR) is 105 cm³/mol. The van der Waals surface area contributed by atoms with Gasteiger partial charge >= 0.3 is 0 Å². The number of guanidine groups is 1. The van der Waals surface area contributed by atoms with E-state index in [0.717, 1.165) is 24.3 Å². The van der Waals surface area contributed by atoms with Crippen molar-refractivity contribution in [1.29, 1.82) is 0 Å². The summed E-state index contributed by atoms with van der Waals surface area (Å²) in [6.45, 7) is 7.25. The van der Waals surface area contributed by atoms with E-state index in [2.05, 4.69) is 31.1 Å².